The minimum atomic E-state index is -0.832. The average Bonchev–Trinajstić information content (AvgIpc) is 3.38. The van der Waals surface area contributed by atoms with Gasteiger partial charge >= 0.3 is 0 Å². The second-order valence-electron chi connectivity index (χ2n) is 8.61. The van der Waals surface area contributed by atoms with E-state index in [0.717, 1.165) is 16.7 Å². The largest absolute Gasteiger partial charge is 0.282 e. The molecule has 0 saturated heterocycles. The first kappa shape index (κ1) is 23.2. The maximum absolute atomic E-state index is 13.7. The fraction of sp³-hybridized carbons (Fsp3) is 0.0333. The van der Waals surface area contributed by atoms with Gasteiger partial charge in [0.1, 0.15) is 10.7 Å². The zero-order valence-corrected chi connectivity index (χ0v) is 21.0. The van der Waals surface area contributed by atoms with E-state index in [-0.39, 0.29) is 10.7 Å². The number of aromatic nitrogens is 4. The molecule has 6 rings (SSSR count). The Labute approximate surface area is 223 Å². The van der Waals surface area contributed by atoms with Crippen molar-refractivity contribution in [2.45, 2.75) is 5.54 Å². The van der Waals surface area contributed by atoms with Gasteiger partial charge in [0.05, 0.1) is 27.8 Å². The highest BCUT2D eigenvalue weighted by molar-refractivity contribution is 6.33. The lowest BCUT2D eigenvalue weighted by molar-refractivity contribution is 0.476. The van der Waals surface area contributed by atoms with E-state index in [1.54, 1.807) is 18.5 Å². The molecular formula is C30H20Cl2N4O. The van der Waals surface area contributed by atoms with E-state index in [0.29, 0.717) is 21.6 Å². The molecule has 0 aliphatic rings. The molecule has 6 aromatic rings. The van der Waals surface area contributed by atoms with Crippen molar-refractivity contribution in [2.75, 3.05) is 0 Å². The first-order valence-electron chi connectivity index (χ1n) is 11.7. The topological polar surface area (TPSA) is 52.7 Å². The third-order valence-corrected chi connectivity index (χ3v) is 7.09. The van der Waals surface area contributed by atoms with Crippen molar-refractivity contribution in [3.63, 3.8) is 0 Å². The summed E-state index contributed by atoms with van der Waals surface area (Å²) in [6.45, 7) is 0. The lowest BCUT2D eigenvalue weighted by Crippen LogP contribution is -2.38. The number of rotatable bonds is 5. The van der Waals surface area contributed by atoms with E-state index in [4.69, 9.17) is 28.3 Å². The molecular weight excluding hydrogens is 503 g/mol. The van der Waals surface area contributed by atoms with Crippen LogP contribution in [0.3, 0.4) is 0 Å². The van der Waals surface area contributed by atoms with Crippen LogP contribution in [0, 0.1) is 0 Å². The van der Waals surface area contributed by atoms with Crippen LogP contribution in [0.4, 0.5) is 0 Å². The van der Waals surface area contributed by atoms with Crippen LogP contribution in [0.1, 0.15) is 16.7 Å². The molecule has 3 heterocycles. The minimum absolute atomic E-state index is 0.248. The van der Waals surface area contributed by atoms with Crippen LogP contribution in [0.2, 0.25) is 10.2 Å². The van der Waals surface area contributed by atoms with Crippen LogP contribution in [-0.2, 0) is 5.54 Å². The number of pyridine rings is 2. The predicted molar refractivity (Wildman–Crippen MR) is 148 cm³/mol. The van der Waals surface area contributed by atoms with Crippen molar-refractivity contribution in [1.29, 1.82) is 0 Å². The summed E-state index contributed by atoms with van der Waals surface area (Å²) >= 11 is 12.5. The second kappa shape index (κ2) is 9.36. The van der Waals surface area contributed by atoms with Crippen molar-refractivity contribution >= 4 is 34.1 Å². The van der Waals surface area contributed by atoms with Gasteiger partial charge in [-0.2, -0.15) is 5.10 Å². The number of fused-ring (bicyclic) bond motifs is 1. The maximum Gasteiger partial charge on any atom is 0.266 e. The zero-order chi connectivity index (χ0) is 25.4. The van der Waals surface area contributed by atoms with Gasteiger partial charge in [0.2, 0.25) is 0 Å². The van der Waals surface area contributed by atoms with Crippen LogP contribution in [0.25, 0.3) is 16.6 Å². The van der Waals surface area contributed by atoms with Gasteiger partial charge < -0.3 is 0 Å². The van der Waals surface area contributed by atoms with Gasteiger partial charge in [0, 0.05) is 18.5 Å². The number of nitrogens with zero attached hydrogens (tertiary/aromatic N) is 4. The summed E-state index contributed by atoms with van der Waals surface area (Å²) in [4.78, 5) is 17.7. The monoisotopic (exact) mass is 522 g/mol. The molecule has 0 radical (unpaired) electrons. The fourth-order valence-electron chi connectivity index (χ4n) is 4.98. The molecule has 37 heavy (non-hydrogen) atoms. The van der Waals surface area contributed by atoms with Crippen molar-refractivity contribution < 1.29 is 0 Å². The van der Waals surface area contributed by atoms with Gasteiger partial charge in [-0.15, -0.1) is 0 Å². The molecule has 0 spiro atoms. The van der Waals surface area contributed by atoms with Crippen LogP contribution in [-0.4, -0.2) is 19.3 Å². The summed E-state index contributed by atoms with van der Waals surface area (Å²) in [6, 6.07) is 34.1. The molecule has 3 aromatic carbocycles. The molecule has 0 unspecified atom stereocenters. The van der Waals surface area contributed by atoms with Gasteiger partial charge in [-0.3, -0.25) is 9.36 Å². The van der Waals surface area contributed by atoms with Crippen LogP contribution in [0.5, 0.6) is 0 Å². The quantitative estimate of drug-likeness (QED) is 0.186. The van der Waals surface area contributed by atoms with E-state index in [1.807, 2.05) is 65.3 Å². The first-order valence-corrected chi connectivity index (χ1v) is 12.4. The highest BCUT2D eigenvalue weighted by atomic mass is 35.5. The highest BCUT2D eigenvalue weighted by Gasteiger charge is 2.40. The van der Waals surface area contributed by atoms with Crippen LogP contribution in [0.15, 0.2) is 127 Å². The summed E-state index contributed by atoms with van der Waals surface area (Å²) in [5, 5.41) is 5.89. The molecule has 0 saturated carbocycles. The van der Waals surface area contributed by atoms with Gasteiger partial charge in [0.25, 0.3) is 5.56 Å². The Kier molecular flexibility index (Phi) is 5.87. The predicted octanol–water partition coefficient (Wildman–Crippen LogP) is 6.73. The van der Waals surface area contributed by atoms with Crippen molar-refractivity contribution in [2.24, 2.45) is 0 Å². The molecule has 5 nitrogen and oxygen atoms in total. The third kappa shape index (κ3) is 3.75. The van der Waals surface area contributed by atoms with Crippen LogP contribution < -0.4 is 5.56 Å². The number of halogens is 2. The molecule has 0 amide bonds. The summed E-state index contributed by atoms with van der Waals surface area (Å²) in [7, 11) is 0. The molecule has 0 N–H and O–H groups in total. The Morgan fingerprint density at radius 2 is 1.24 bits per heavy atom. The SMILES string of the molecule is O=c1c2cnn(C(c3ccccc3)(c3ccccc3)c3ccccc3)c2ccn1-c1cc(Cl)ncc1Cl. The van der Waals surface area contributed by atoms with Crippen molar-refractivity contribution in [3.8, 4) is 5.69 Å². The van der Waals surface area contributed by atoms with Gasteiger partial charge in [-0.1, -0.05) is 114 Å². The summed E-state index contributed by atoms with van der Waals surface area (Å²) < 4.78 is 3.41. The fourth-order valence-corrected chi connectivity index (χ4v) is 5.32. The number of hydrogen-bond donors (Lipinski definition) is 0. The molecule has 0 fully saturated rings. The van der Waals surface area contributed by atoms with Gasteiger partial charge in [-0.05, 0) is 22.8 Å². The van der Waals surface area contributed by atoms with Crippen molar-refractivity contribution in [3.05, 3.63) is 159 Å². The Morgan fingerprint density at radius 1 is 0.703 bits per heavy atom. The average molecular weight is 523 g/mol. The Bertz CT molecular complexity index is 1670. The minimum Gasteiger partial charge on any atom is -0.282 e. The summed E-state index contributed by atoms with van der Waals surface area (Å²) in [5.41, 5.74) is 3.12. The number of hydrogen-bond acceptors (Lipinski definition) is 3. The highest BCUT2D eigenvalue weighted by Crippen LogP contribution is 2.41. The Morgan fingerprint density at radius 3 is 1.78 bits per heavy atom. The van der Waals surface area contributed by atoms with E-state index in [1.165, 1.54) is 10.8 Å². The lowest BCUT2D eigenvalue weighted by atomic mass is 9.77. The van der Waals surface area contributed by atoms with Gasteiger partial charge in [-0.25, -0.2) is 9.67 Å². The standard InChI is InChI=1S/C30H20Cl2N4O/c31-25-20-33-28(32)18-27(25)35-17-16-26-24(29(35)37)19-34-36(26)30(21-10-4-1-5-11-21,22-12-6-2-7-13-22)23-14-8-3-9-15-23/h1-20H. The zero-order valence-electron chi connectivity index (χ0n) is 19.5. The number of benzene rings is 3. The maximum atomic E-state index is 13.7. The first-order chi connectivity index (χ1) is 18.1. The van der Waals surface area contributed by atoms with Gasteiger partial charge in [0.15, 0.2) is 0 Å². The Hall–Kier alpha value is -4.19. The molecule has 0 bridgehead atoms. The Balaban J connectivity index is 1.70. The van der Waals surface area contributed by atoms with Crippen LogP contribution >= 0.6 is 23.2 Å². The lowest BCUT2D eigenvalue weighted by Gasteiger charge is -2.37. The normalized spacial score (nSPS) is 11.6. The molecule has 0 aliphatic heterocycles. The van der Waals surface area contributed by atoms with E-state index in [2.05, 4.69) is 41.4 Å². The third-order valence-electron chi connectivity index (χ3n) is 6.59. The molecule has 0 atom stereocenters. The van der Waals surface area contributed by atoms with E-state index >= 15 is 0 Å². The van der Waals surface area contributed by atoms with Crippen molar-refractivity contribution in [1.82, 2.24) is 19.3 Å². The molecule has 3 aromatic heterocycles. The molecule has 7 heteroatoms. The van der Waals surface area contributed by atoms with E-state index in [9.17, 15) is 4.79 Å². The second-order valence-corrected chi connectivity index (χ2v) is 9.41. The molecule has 0 aliphatic carbocycles. The molecule has 180 valence electrons. The van der Waals surface area contributed by atoms with E-state index < -0.39 is 5.54 Å². The summed E-state index contributed by atoms with van der Waals surface area (Å²) in [6.07, 6.45) is 4.76. The smallest absolute Gasteiger partial charge is 0.266 e. The summed E-state index contributed by atoms with van der Waals surface area (Å²) in [5.74, 6) is 0.